The summed E-state index contributed by atoms with van der Waals surface area (Å²) in [4.78, 5) is 12.3. The lowest BCUT2D eigenvalue weighted by Crippen LogP contribution is -2.55. The summed E-state index contributed by atoms with van der Waals surface area (Å²) in [5.74, 6) is 0.917. The zero-order chi connectivity index (χ0) is 14.6. The fraction of sp³-hybridized carbons (Fsp3) is 0.562. The van der Waals surface area contributed by atoms with Crippen LogP contribution in [0.5, 0.6) is 5.75 Å². The van der Waals surface area contributed by atoms with Crippen LogP contribution < -0.4 is 15.4 Å². The lowest BCUT2D eigenvalue weighted by molar-refractivity contribution is -0.126. The van der Waals surface area contributed by atoms with Crippen LogP contribution in [0.25, 0.3) is 0 Å². The van der Waals surface area contributed by atoms with Crippen LogP contribution in [0.3, 0.4) is 0 Å². The summed E-state index contributed by atoms with van der Waals surface area (Å²) in [5, 5.41) is 6.35. The summed E-state index contributed by atoms with van der Waals surface area (Å²) >= 11 is 0. The van der Waals surface area contributed by atoms with E-state index in [1.165, 1.54) is 0 Å². The smallest absolute Gasteiger partial charge is 0.237 e. The SMILES string of the molecule is COc1ccc(CNC(=O)C2NCCCC2(C)C)cc1. The molecule has 1 aromatic rings. The number of nitrogens with one attached hydrogen (secondary N) is 2. The molecule has 0 aromatic heterocycles. The molecule has 110 valence electrons. The van der Waals surface area contributed by atoms with E-state index in [-0.39, 0.29) is 17.4 Å². The topological polar surface area (TPSA) is 50.4 Å². The fourth-order valence-corrected chi connectivity index (χ4v) is 2.69. The number of piperidine rings is 1. The minimum Gasteiger partial charge on any atom is -0.497 e. The highest BCUT2D eigenvalue weighted by Gasteiger charge is 2.36. The zero-order valence-corrected chi connectivity index (χ0v) is 12.5. The standard InChI is InChI=1S/C16H24N2O2/c1-16(2)9-4-10-17-14(16)15(19)18-11-12-5-7-13(20-3)8-6-12/h5-8,14,17H,4,9-11H2,1-3H3,(H,18,19). The van der Waals surface area contributed by atoms with Gasteiger partial charge >= 0.3 is 0 Å². The Balaban J connectivity index is 1.90. The third-order valence-electron chi connectivity index (χ3n) is 4.02. The van der Waals surface area contributed by atoms with Crippen molar-refractivity contribution in [3.8, 4) is 5.75 Å². The molecule has 1 aromatic carbocycles. The Morgan fingerprint density at radius 2 is 2.10 bits per heavy atom. The molecule has 1 saturated heterocycles. The van der Waals surface area contributed by atoms with E-state index < -0.39 is 0 Å². The van der Waals surface area contributed by atoms with Gasteiger partial charge in [-0.2, -0.15) is 0 Å². The monoisotopic (exact) mass is 276 g/mol. The third kappa shape index (κ3) is 3.51. The Hall–Kier alpha value is -1.55. The highest BCUT2D eigenvalue weighted by atomic mass is 16.5. The number of hydrogen-bond donors (Lipinski definition) is 2. The lowest BCUT2D eigenvalue weighted by Gasteiger charge is -2.38. The molecule has 4 heteroatoms. The summed E-state index contributed by atoms with van der Waals surface area (Å²) < 4.78 is 5.12. The van der Waals surface area contributed by atoms with Crippen molar-refractivity contribution < 1.29 is 9.53 Å². The van der Waals surface area contributed by atoms with E-state index in [1.54, 1.807) is 7.11 Å². The van der Waals surface area contributed by atoms with Crippen molar-refractivity contribution in [3.63, 3.8) is 0 Å². The number of ether oxygens (including phenoxy) is 1. The average molecular weight is 276 g/mol. The Kier molecular flexibility index (Phi) is 4.65. The number of hydrogen-bond acceptors (Lipinski definition) is 3. The first kappa shape index (κ1) is 14.9. The molecule has 1 atom stereocenters. The number of carbonyl (C=O) groups is 1. The van der Waals surface area contributed by atoms with Gasteiger partial charge in [0.2, 0.25) is 5.91 Å². The number of carbonyl (C=O) groups excluding carboxylic acids is 1. The molecule has 4 nitrogen and oxygen atoms in total. The van der Waals surface area contributed by atoms with Crippen molar-refractivity contribution in [2.24, 2.45) is 5.41 Å². The molecule has 20 heavy (non-hydrogen) atoms. The Morgan fingerprint density at radius 3 is 2.70 bits per heavy atom. The summed E-state index contributed by atoms with van der Waals surface area (Å²) in [5.41, 5.74) is 1.09. The highest BCUT2D eigenvalue weighted by Crippen LogP contribution is 2.30. The van der Waals surface area contributed by atoms with Crippen molar-refractivity contribution in [3.05, 3.63) is 29.8 Å². The van der Waals surface area contributed by atoms with Gasteiger partial charge in [0.25, 0.3) is 0 Å². The summed E-state index contributed by atoms with van der Waals surface area (Å²) in [6.07, 6.45) is 2.22. The van der Waals surface area contributed by atoms with Crippen LogP contribution in [0.4, 0.5) is 0 Å². The van der Waals surface area contributed by atoms with Crippen molar-refractivity contribution >= 4 is 5.91 Å². The predicted molar refractivity (Wildman–Crippen MR) is 79.6 cm³/mol. The second-order valence-corrected chi connectivity index (χ2v) is 6.05. The van der Waals surface area contributed by atoms with Gasteiger partial charge in [0, 0.05) is 6.54 Å². The first-order valence-electron chi connectivity index (χ1n) is 7.17. The number of methoxy groups -OCH3 is 1. The highest BCUT2D eigenvalue weighted by molar-refractivity contribution is 5.82. The molecule has 1 heterocycles. The lowest BCUT2D eigenvalue weighted by atomic mass is 9.77. The summed E-state index contributed by atoms with van der Waals surface area (Å²) in [7, 11) is 1.65. The van der Waals surface area contributed by atoms with E-state index in [0.717, 1.165) is 30.7 Å². The van der Waals surface area contributed by atoms with E-state index in [1.807, 2.05) is 24.3 Å². The van der Waals surface area contributed by atoms with Crippen molar-refractivity contribution in [2.45, 2.75) is 39.3 Å². The quantitative estimate of drug-likeness (QED) is 0.885. The van der Waals surface area contributed by atoms with Gasteiger partial charge in [-0.05, 0) is 42.5 Å². The minimum absolute atomic E-state index is 0.0161. The largest absolute Gasteiger partial charge is 0.497 e. The minimum atomic E-state index is -0.102. The number of rotatable bonds is 4. The molecule has 2 N–H and O–H groups in total. The first-order valence-corrected chi connectivity index (χ1v) is 7.17. The van der Waals surface area contributed by atoms with Crippen LogP contribution in [0.15, 0.2) is 24.3 Å². The molecular formula is C16H24N2O2. The van der Waals surface area contributed by atoms with Crippen molar-refractivity contribution in [2.75, 3.05) is 13.7 Å². The maximum absolute atomic E-state index is 12.3. The molecule has 0 saturated carbocycles. The Labute approximate surface area is 120 Å². The second-order valence-electron chi connectivity index (χ2n) is 6.05. The summed E-state index contributed by atoms with van der Waals surface area (Å²) in [6, 6.07) is 7.65. The van der Waals surface area contributed by atoms with Gasteiger partial charge in [0.15, 0.2) is 0 Å². The number of benzene rings is 1. The third-order valence-corrected chi connectivity index (χ3v) is 4.02. The van der Waals surface area contributed by atoms with Crippen molar-refractivity contribution in [1.29, 1.82) is 0 Å². The van der Waals surface area contributed by atoms with E-state index in [2.05, 4.69) is 24.5 Å². The van der Waals surface area contributed by atoms with Gasteiger partial charge in [0.1, 0.15) is 5.75 Å². The normalized spacial score (nSPS) is 21.2. The van der Waals surface area contributed by atoms with Crippen molar-refractivity contribution in [1.82, 2.24) is 10.6 Å². The second kappa shape index (κ2) is 6.27. The molecule has 1 aliphatic rings. The van der Waals surface area contributed by atoms with Gasteiger partial charge in [-0.1, -0.05) is 26.0 Å². The fourth-order valence-electron chi connectivity index (χ4n) is 2.69. The maximum atomic E-state index is 12.3. The Bertz CT molecular complexity index is 454. The zero-order valence-electron chi connectivity index (χ0n) is 12.5. The summed E-state index contributed by atoms with van der Waals surface area (Å²) in [6.45, 7) is 5.77. The van der Waals surface area contributed by atoms with Gasteiger partial charge in [-0.3, -0.25) is 4.79 Å². The molecule has 1 aliphatic heterocycles. The molecule has 0 spiro atoms. The van der Waals surface area contributed by atoms with Crippen LogP contribution in [0, 0.1) is 5.41 Å². The number of amides is 1. The average Bonchev–Trinajstić information content (AvgIpc) is 2.45. The van der Waals surface area contributed by atoms with Crippen LogP contribution in [-0.2, 0) is 11.3 Å². The van der Waals surface area contributed by atoms with E-state index >= 15 is 0 Å². The molecule has 0 radical (unpaired) electrons. The molecule has 1 amide bonds. The van der Waals surface area contributed by atoms with Gasteiger partial charge in [-0.15, -0.1) is 0 Å². The van der Waals surface area contributed by atoms with Gasteiger partial charge in [-0.25, -0.2) is 0 Å². The van der Waals surface area contributed by atoms with E-state index in [0.29, 0.717) is 6.54 Å². The Morgan fingerprint density at radius 1 is 1.40 bits per heavy atom. The van der Waals surface area contributed by atoms with Crippen LogP contribution in [0.1, 0.15) is 32.3 Å². The van der Waals surface area contributed by atoms with Crippen LogP contribution in [-0.4, -0.2) is 25.6 Å². The molecule has 0 bridgehead atoms. The van der Waals surface area contributed by atoms with Gasteiger partial charge in [0.05, 0.1) is 13.2 Å². The predicted octanol–water partition coefficient (Wildman–Crippen LogP) is 2.09. The van der Waals surface area contributed by atoms with Crippen LogP contribution in [0.2, 0.25) is 0 Å². The van der Waals surface area contributed by atoms with Crippen LogP contribution >= 0.6 is 0 Å². The molecule has 1 unspecified atom stereocenters. The molecular weight excluding hydrogens is 252 g/mol. The maximum Gasteiger partial charge on any atom is 0.237 e. The van der Waals surface area contributed by atoms with E-state index in [9.17, 15) is 4.79 Å². The van der Waals surface area contributed by atoms with E-state index in [4.69, 9.17) is 4.74 Å². The molecule has 1 fully saturated rings. The molecule has 2 rings (SSSR count). The molecule has 0 aliphatic carbocycles. The first-order chi connectivity index (χ1) is 9.53. The van der Waals surface area contributed by atoms with Gasteiger partial charge < -0.3 is 15.4 Å².